The minimum Gasteiger partial charge on any atom is -0.473 e. The van der Waals surface area contributed by atoms with E-state index in [4.69, 9.17) is 28.4 Å². The standard InChI is InChI=1S/C25H31FN4O6S.C19H23FN4O3S.C10H13NO6/c1-15-22(29-20-7-6-18(10-19(20)26)37(3,32)33)27-14-28-23(15)36-21-16-4-5-17(21)12-30(11-16)24(31)35-13-25(34-2)8-9-25;1-11-18(24-16-6-5-14(7-15(16)20)28(2,25)26)22-10-23-19(11)27-17-12-3-4-13(17)9-21-8-12;1-15-10(4-5-10)6-16-9(14)17-11-7(12)2-3-8(11)13/h6-7,10,14,16-17,21H,4-5,8-9,11-13H2,1-3H3,(H,27,28,29);5-7,10,12-13,17,21H,3-4,8-9H2,1-2H3,(H,22,23,24);2-6H2,1H3. The summed E-state index contributed by atoms with van der Waals surface area (Å²) in [5.74, 6) is 0.489. The van der Waals surface area contributed by atoms with Gasteiger partial charge in [-0.15, -0.1) is 0 Å². The van der Waals surface area contributed by atoms with Gasteiger partial charge in [-0.2, -0.15) is 0 Å². The van der Waals surface area contributed by atoms with E-state index in [0.717, 1.165) is 89.1 Å². The van der Waals surface area contributed by atoms with Crippen LogP contribution in [0.25, 0.3) is 0 Å². The van der Waals surface area contributed by atoms with Crippen LogP contribution in [0.3, 0.4) is 0 Å². The van der Waals surface area contributed by atoms with Gasteiger partial charge < -0.3 is 49.3 Å². The molecule has 4 atom stereocenters. The number of amides is 3. The van der Waals surface area contributed by atoms with Crippen molar-refractivity contribution in [1.29, 1.82) is 0 Å². The summed E-state index contributed by atoms with van der Waals surface area (Å²) < 4.78 is 109. The number of aromatic nitrogens is 4. The smallest absolute Gasteiger partial charge is 0.473 e. The zero-order valence-corrected chi connectivity index (χ0v) is 47.9. The van der Waals surface area contributed by atoms with Crippen molar-refractivity contribution in [2.75, 3.05) is 76.8 Å². The summed E-state index contributed by atoms with van der Waals surface area (Å²) in [6.07, 6.45) is 11.2. The van der Waals surface area contributed by atoms with Crippen LogP contribution in [0.1, 0.15) is 75.3 Å². The first-order valence-electron chi connectivity index (χ1n) is 26.9. The Balaban J connectivity index is 0.000000159. The van der Waals surface area contributed by atoms with Gasteiger partial charge in [-0.25, -0.2) is 55.1 Å². The van der Waals surface area contributed by atoms with Crippen LogP contribution in [0, 0.1) is 49.2 Å². The molecule has 4 aliphatic carbocycles. The van der Waals surface area contributed by atoms with E-state index < -0.39 is 54.9 Å². The number of hydrogen-bond donors (Lipinski definition) is 3. The number of anilines is 4. The third-order valence-electron chi connectivity index (χ3n) is 16.0. The topological polar surface area (TPSA) is 295 Å². The number of rotatable bonds is 17. The summed E-state index contributed by atoms with van der Waals surface area (Å²) in [7, 11) is -3.81. The van der Waals surface area contributed by atoms with Crippen LogP contribution in [-0.4, -0.2) is 160 Å². The van der Waals surface area contributed by atoms with E-state index in [9.17, 15) is 44.8 Å². The summed E-state index contributed by atoms with van der Waals surface area (Å²) >= 11 is 0. The largest absolute Gasteiger partial charge is 0.534 e. The Kier molecular flexibility index (Phi) is 17.9. The Morgan fingerprint density at radius 1 is 0.659 bits per heavy atom. The second-order valence-electron chi connectivity index (χ2n) is 21.8. The normalized spacial score (nSPS) is 23.6. The number of imide groups is 1. The third kappa shape index (κ3) is 14.1. The molecule has 2 aromatic carbocycles. The van der Waals surface area contributed by atoms with Crippen molar-refractivity contribution in [3.05, 3.63) is 71.8 Å². The molecule has 4 aromatic rings. The average molecular weight is 1180 g/mol. The van der Waals surface area contributed by atoms with Gasteiger partial charge in [0.15, 0.2) is 19.7 Å². The number of likely N-dealkylation sites (tertiary alicyclic amines) is 1. The Morgan fingerprint density at radius 2 is 1.09 bits per heavy atom. The zero-order chi connectivity index (χ0) is 58.7. The van der Waals surface area contributed by atoms with Gasteiger partial charge in [0.2, 0.25) is 11.8 Å². The molecule has 4 bridgehead atoms. The number of benzene rings is 2. The Bertz CT molecular complexity index is 3250. The number of piperidine rings is 2. The van der Waals surface area contributed by atoms with Gasteiger partial charge in [0, 0.05) is 89.4 Å². The van der Waals surface area contributed by atoms with Gasteiger partial charge >= 0.3 is 12.2 Å². The third-order valence-corrected chi connectivity index (χ3v) is 18.3. The molecule has 0 spiro atoms. The lowest BCUT2D eigenvalue weighted by Crippen LogP contribution is -2.50. The maximum Gasteiger partial charge on any atom is 0.534 e. The van der Waals surface area contributed by atoms with Crippen LogP contribution in [0.4, 0.5) is 41.4 Å². The first-order chi connectivity index (χ1) is 39.0. The van der Waals surface area contributed by atoms with Crippen molar-refractivity contribution in [1.82, 2.24) is 35.2 Å². The Hall–Kier alpha value is -6.88. The number of nitrogens with zero attached hydrogens (tertiary/aromatic N) is 6. The molecule has 3 N–H and O–H groups in total. The summed E-state index contributed by atoms with van der Waals surface area (Å²) in [6.45, 7) is 6.95. The summed E-state index contributed by atoms with van der Waals surface area (Å²) in [4.78, 5) is 69.3. The van der Waals surface area contributed by atoms with E-state index in [0.29, 0.717) is 64.5 Å². The summed E-state index contributed by atoms with van der Waals surface area (Å²) in [5.41, 5.74) is 0.815. The highest BCUT2D eigenvalue weighted by atomic mass is 32.2. The number of hydrogen-bond acceptors (Lipinski definition) is 22. The van der Waals surface area contributed by atoms with Crippen molar-refractivity contribution >= 4 is 66.7 Å². The lowest BCUT2D eigenvalue weighted by atomic mass is 9.95. The van der Waals surface area contributed by atoms with Gasteiger partial charge in [-0.3, -0.25) is 14.4 Å². The van der Waals surface area contributed by atoms with E-state index in [1.165, 1.54) is 44.0 Å². The van der Waals surface area contributed by atoms with E-state index >= 15 is 0 Å². The van der Waals surface area contributed by atoms with Crippen molar-refractivity contribution in [3.8, 4) is 11.8 Å². The molecule has 7 fully saturated rings. The number of carbonyl (C=O) groups excluding carboxylic acids is 4. The Labute approximate surface area is 473 Å². The van der Waals surface area contributed by atoms with Crippen LogP contribution in [0.2, 0.25) is 0 Å². The molecule has 82 heavy (non-hydrogen) atoms. The number of ether oxygens (including phenoxy) is 6. The highest BCUT2D eigenvalue weighted by molar-refractivity contribution is 7.91. The highest BCUT2D eigenvalue weighted by Crippen LogP contribution is 2.43. The quantitative estimate of drug-likeness (QED) is 0.0771. The zero-order valence-electron chi connectivity index (χ0n) is 46.3. The maximum absolute atomic E-state index is 14.6. The molecule has 4 saturated carbocycles. The number of nitrogens with one attached hydrogen (secondary N) is 3. The van der Waals surface area contributed by atoms with E-state index in [2.05, 4.69) is 40.7 Å². The van der Waals surface area contributed by atoms with Crippen molar-refractivity contribution < 1.29 is 78.1 Å². The first kappa shape index (κ1) is 59.7. The highest BCUT2D eigenvalue weighted by Gasteiger charge is 2.49. The minimum absolute atomic E-state index is 0.0636. The lowest BCUT2D eigenvalue weighted by Gasteiger charge is -2.37. The molecule has 28 heteroatoms. The predicted octanol–water partition coefficient (Wildman–Crippen LogP) is 6.31. The summed E-state index contributed by atoms with van der Waals surface area (Å²) in [5, 5.41) is 9.72. The number of halogens is 2. The number of fused-ring (bicyclic) bond motifs is 4. The monoisotopic (exact) mass is 1180 g/mol. The number of hydroxylamine groups is 2. The molecule has 3 aliphatic heterocycles. The van der Waals surface area contributed by atoms with Crippen LogP contribution in [0.5, 0.6) is 11.8 Å². The molecular formula is C54H67F2N9O15S2. The summed E-state index contributed by atoms with van der Waals surface area (Å²) in [6, 6.07) is 7.42. The van der Waals surface area contributed by atoms with Crippen molar-refractivity contribution in [3.63, 3.8) is 0 Å². The number of sulfone groups is 2. The molecule has 0 radical (unpaired) electrons. The van der Waals surface area contributed by atoms with Crippen LogP contribution in [-0.2, 0) is 53.0 Å². The van der Waals surface area contributed by atoms with Gasteiger partial charge in [0.25, 0.3) is 11.8 Å². The van der Waals surface area contributed by atoms with E-state index in [1.54, 1.807) is 18.9 Å². The van der Waals surface area contributed by atoms with Gasteiger partial charge in [-0.1, -0.05) is 5.06 Å². The second-order valence-corrected chi connectivity index (χ2v) is 25.9. The molecular weight excluding hydrogens is 1120 g/mol. The van der Waals surface area contributed by atoms with Gasteiger partial charge in [-0.05, 0) is 102 Å². The molecule has 11 rings (SSSR count). The second kappa shape index (κ2) is 24.5. The first-order valence-corrected chi connectivity index (χ1v) is 30.7. The fraction of sp³-hybridized carbons (Fsp3) is 0.556. The predicted molar refractivity (Wildman–Crippen MR) is 288 cm³/mol. The molecule has 2 aromatic heterocycles. The molecule has 24 nitrogen and oxygen atoms in total. The van der Waals surface area contributed by atoms with Crippen LogP contribution in [0.15, 0.2) is 58.8 Å². The molecule has 444 valence electrons. The van der Waals surface area contributed by atoms with Gasteiger partial charge in [0.05, 0.1) is 32.3 Å². The molecule has 3 saturated heterocycles. The van der Waals surface area contributed by atoms with Gasteiger partial charge in [0.1, 0.15) is 72.5 Å². The maximum atomic E-state index is 14.6. The van der Waals surface area contributed by atoms with Crippen molar-refractivity contribution in [2.45, 2.75) is 111 Å². The minimum atomic E-state index is -3.52. The van der Waals surface area contributed by atoms with Crippen LogP contribution < -0.4 is 25.4 Å². The number of methoxy groups -OCH3 is 2. The molecule has 7 aliphatic rings. The average Bonchev–Trinajstić information content (AvgIpc) is 4.43. The van der Waals surface area contributed by atoms with Crippen molar-refractivity contribution in [2.24, 2.45) is 23.7 Å². The van der Waals surface area contributed by atoms with E-state index in [-0.39, 0.29) is 83.0 Å². The van der Waals surface area contributed by atoms with E-state index in [1.807, 2.05) is 6.92 Å². The van der Waals surface area contributed by atoms with Crippen LogP contribution >= 0.6 is 0 Å². The molecule has 3 amide bonds. The lowest BCUT2D eigenvalue weighted by molar-refractivity contribution is -0.178. The molecule has 4 unspecified atom stereocenters. The molecule has 5 heterocycles. The fourth-order valence-corrected chi connectivity index (χ4v) is 11.9. The number of carbonyl (C=O) groups is 4. The fourth-order valence-electron chi connectivity index (χ4n) is 10.6. The Morgan fingerprint density at radius 3 is 1.50 bits per heavy atom. The SMILES string of the molecule is COC1(COC(=O)N2CC3CCC(C2)C3Oc2ncnc(Nc3ccc(S(C)(=O)=O)cc3F)c2C)CC1.COC1(COC(=O)ON2C(=O)CCC2=O)CC1.Cc1c(Nc2ccc(S(C)(=O)=O)cc2F)ncnc1OC1C2CCC1CNC2.